The lowest BCUT2D eigenvalue weighted by Crippen LogP contribution is -2.18. The van der Waals surface area contributed by atoms with E-state index in [0.29, 0.717) is 5.69 Å². The predicted octanol–water partition coefficient (Wildman–Crippen LogP) is 4.48. The number of hydrogen-bond donors (Lipinski definition) is 2. The largest absolute Gasteiger partial charge is 0.321 e. The van der Waals surface area contributed by atoms with Crippen LogP contribution in [0.2, 0.25) is 0 Å². The zero-order chi connectivity index (χ0) is 20.3. The van der Waals surface area contributed by atoms with Crippen LogP contribution in [-0.4, -0.2) is 16.8 Å². The number of amides is 2. The number of hydrogen-bond acceptors (Lipinski definition) is 3. The number of halogens is 2. The molecule has 0 atom stereocenters. The summed E-state index contributed by atoms with van der Waals surface area (Å²) in [5, 5.41) is 5.16. The number of rotatable bonds is 4. The Morgan fingerprint density at radius 3 is 1.89 bits per heavy atom. The molecule has 0 radical (unpaired) electrons. The van der Waals surface area contributed by atoms with Gasteiger partial charge in [0.1, 0.15) is 11.4 Å². The van der Waals surface area contributed by atoms with Crippen molar-refractivity contribution in [2.45, 2.75) is 13.8 Å². The van der Waals surface area contributed by atoms with E-state index in [1.165, 1.54) is 24.3 Å². The number of carbonyl (C=O) groups excluding carboxylic acids is 2. The third-order valence-electron chi connectivity index (χ3n) is 3.87. The summed E-state index contributed by atoms with van der Waals surface area (Å²) in [6.07, 6.45) is 0. The number of anilines is 2. The van der Waals surface area contributed by atoms with E-state index in [9.17, 15) is 18.4 Å². The zero-order valence-corrected chi connectivity index (χ0v) is 15.2. The van der Waals surface area contributed by atoms with Crippen molar-refractivity contribution in [2.24, 2.45) is 0 Å². The van der Waals surface area contributed by atoms with Gasteiger partial charge >= 0.3 is 0 Å². The molecular weight excluding hydrogens is 364 g/mol. The summed E-state index contributed by atoms with van der Waals surface area (Å²) in [6, 6.07) is 13.0. The summed E-state index contributed by atoms with van der Waals surface area (Å²) in [5.74, 6) is -3.20. The molecule has 0 bridgehead atoms. The van der Waals surface area contributed by atoms with Gasteiger partial charge in [0.15, 0.2) is 11.6 Å². The number of aromatic nitrogens is 1. The molecule has 0 fully saturated rings. The summed E-state index contributed by atoms with van der Waals surface area (Å²) >= 11 is 0. The molecule has 0 saturated heterocycles. The van der Waals surface area contributed by atoms with Crippen LogP contribution in [0.4, 0.5) is 20.2 Å². The monoisotopic (exact) mass is 381 g/mol. The Labute approximate surface area is 160 Å². The van der Waals surface area contributed by atoms with Crippen LogP contribution in [0.1, 0.15) is 32.1 Å². The van der Waals surface area contributed by atoms with Crippen molar-refractivity contribution in [3.63, 3.8) is 0 Å². The van der Waals surface area contributed by atoms with E-state index in [2.05, 4.69) is 15.6 Å². The van der Waals surface area contributed by atoms with Gasteiger partial charge in [0.2, 0.25) is 0 Å². The molecule has 2 amide bonds. The van der Waals surface area contributed by atoms with Crippen LogP contribution < -0.4 is 10.6 Å². The van der Waals surface area contributed by atoms with E-state index < -0.39 is 23.4 Å². The minimum atomic E-state index is -1.08. The van der Waals surface area contributed by atoms with Crippen LogP contribution in [0.3, 0.4) is 0 Å². The molecule has 1 aromatic heterocycles. The Bertz CT molecular complexity index is 1050. The molecule has 5 nitrogen and oxygen atoms in total. The van der Waals surface area contributed by atoms with Gasteiger partial charge in [-0.05, 0) is 61.4 Å². The van der Waals surface area contributed by atoms with E-state index in [4.69, 9.17) is 0 Å². The molecule has 7 heteroatoms. The highest BCUT2D eigenvalue weighted by Gasteiger charge is 2.14. The van der Waals surface area contributed by atoms with Crippen LogP contribution in [0, 0.1) is 25.5 Å². The van der Waals surface area contributed by atoms with E-state index in [1.54, 1.807) is 0 Å². The van der Waals surface area contributed by atoms with E-state index in [0.717, 1.165) is 23.3 Å². The Balaban J connectivity index is 1.76. The SMILES string of the molecule is Cc1cc(C)cc(NC(=O)c2cccc(C(=O)Nc3ccc(F)c(F)c3)n2)c1. The van der Waals surface area contributed by atoms with Crippen molar-refractivity contribution in [3.8, 4) is 0 Å². The maximum atomic E-state index is 13.3. The number of benzene rings is 2. The Kier molecular flexibility index (Phi) is 5.44. The molecule has 2 aromatic carbocycles. The summed E-state index contributed by atoms with van der Waals surface area (Å²) in [7, 11) is 0. The summed E-state index contributed by atoms with van der Waals surface area (Å²) < 4.78 is 26.3. The normalized spacial score (nSPS) is 10.4. The summed E-state index contributed by atoms with van der Waals surface area (Å²) in [5.41, 5.74) is 2.73. The fourth-order valence-electron chi connectivity index (χ4n) is 2.70. The van der Waals surface area contributed by atoms with Crippen molar-refractivity contribution in [1.82, 2.24) is 4.98 Å². The maximum absolute atomic E-state index is 13.3. The van der Waals surface area contributed by atoms with Crippen LogP contribution in [0.5, 0.6) is 0 Å². The Hall–Kier alpha value is -3.61. The average molecular weight is 381 g/mol. The van der Waals surface area contributed by atoms with Gasteiger partial charge in [0.25, 0.3) is 11.8 Å². The van der Waals surface area contributed by atoms with Crippen LogP contribution in [0.15, 0.2) is 54.6 Å². The van der Waals surface area contributed by atoms with E-state index in [-0.39, 0.29) is 17.1 Å². The van der Waals surface area contributed by atoms with Gasteiger partial charge in [-0.25, -0.2) is 13.8 Å². The first kappa shape index (κ1) is 19.2. The van der Waals surface area contributed by atoms with Crippen molar-refractivity contribution < 1.29 is 18.4 Å². The first-order valence-electron chi connectivity index (χ1n) is 8.45. The zero-order valence-electron chi connectivity index (χ0n) is 15.2. The van der Waals surface area contributed by atoms with Gasteiger partial charge < -0.3 is 10.6 Å². The molecule has 3 rings (SSSR count). The second-order valence-corrected chi connectivity index (χ2v) is 6.32. The fourth-order valence-corrected chi connectivity index (χ4v) is 2.70. The smallest absolute Gasteiger partial charge is 0.274 e. The second kappa shape index (κ2) is 7.96. The van der Waals surface area contributed by atoms with Gasteiger partial charge in [-0.1, -0.05) is 12.1 Å². The van der Waals surface area contributed by atoms with Gasteiger partial charge in [0, 0.05) is 17.4 Å². The molecular formula is C21H17F2N3O2. The Morgan fingerprint density at radius 1 is 0.750 bits per heavy atom. The molecule has 0 unspecified atom stereocenters. The highest BCUT2D eigenvalue weighted by atomic mass is 19.2. The molecule has 28 heavy (non-hydrogen) atoms. The van der Waals surface area contributed by atoms with Crippen molar-refractivity contribution in [2.75, 3.05) is 10.6 Å². The third-order valence-corrected chi connectivity index (χ3v) is 3.87. The molecule has 0 aliphatic heterocycles. The van der Waals surface area contributed by atoms with Gasteiger partial charge in [-0.3, -0.25) is 9.59 Å². The Morgan fingerprint density at radius 2 is 1.32 bits per heavy atom. The average Bonchev–Trinajstić information content (AvgIpc) is 2.64. The number of carbonyl (C=O) groups is 2. The minimum absolute atomic E-state index is 0.0298. The highest BCUT2D eigenvalue weighted by Crippen LogP contribution is 2.16. The molecule has 0 aliphatic rings. The van der Waals surface area contributed by atoms with Crippen LogP contribution >= 0.6 is 0 Å². The standard InChI is InChI=1S/C21H17F2N3O2/c1-12-8-13(2)10-15(9-12)25-21(28)19-5-3-4-18(26-19)20(27)24-14-6-7-16(22)17(23)11-14/h3-11H,1-2H3,(H,24,27)(H,25,28). The van der Waals surface area contributed by atoms with Crippen LogP contribution in [-0.2, 0) is 0 Å². The number of aryl methyl sites for hydroxylation is 2. The second-order valence-electron chi connectivity index (χ2n) is 6.32. The lowest BCUT2D eigenvalue weighted by atomic mass is 10.1. The van der Waals surface area contributed by atoms with Crippen molar-refractivity contribution in [3.05, 3.63) is 88.7 Å². The lowest BCUT2D eigenvalue weighted by molar-refractivity contribution is 0.101. The molecule has 0 aliphatic carbocycles. The maximum Gasteiger partial charge on any atom is 0.274 e. The molecule has 1 heterocycles. The first-order chi connectivity index (χ1) is 13.3. The fraction of sp³-hybridized carbons (Fsp3) is 0.0952. The van der Waals surface area contributed by atoms with Gasteiger partial charge in [0.05, 0.1) is 0 Å². The minimum Gasteiger partial charge on any atom is -0.321 e. The summed E-state index contributed by atoms with van der Waals surface area (Å²) in [6.45, 7) is 3.84. The number of nitrogens with zero attached hydrogens (tertiary/aromatic N) is 1. The topological polar surface area (TPSA) is 71.1 Å². The van der Waals surface area contributed by atoms with Gasteiger partial charge in [-0.2, -0.15) is 0 Å². The molecule has 2 N–H and O–H groups in total. The lowest BCUT2D eigenvalue weighted by Gasteiger charge is -2.09. The van der Waals surface area contributed by atoms with Crippen LogP contribution in [0.25, 0.3) is 0 Å². The number of nitrogens with one attached hydrogen (secondary N) is 2. The van der Waals surface area contributed by atoms with Crippen molar-refractivity contribution >= 4 is 23.2 Å². The van der Waals surface area contributed by atoms with E-state index >= 15 is 0 Å². The number of pyridine rings is 1. The van der Waals surface area contributed by atoms with Gasteiger partial charge in [-0.15, -0.1) is 0 Å². The molecule has 0 saturated carbocycles. The summed E-state index contributed by atoms with van der Waals surface area (Å²) in [4.78, 5) is 28.8. The first-order valence-corrected chi connectivity index (χ1v) is 8.45. The quantitative estimate of drug-likeness (QED) is 0.700. The molecule has 0 spiro atoms. The highest BCUT2D eigenvalue weighted by molar-refractivity contribution is 6.06. The van der Waals surface area contributed by atoms with E-state index in [1.807, 2.05) is 32.0 Å². The third kappa shape index (κ3) is 4.56. The predicted molar refractivity (Wildman–Crippen MR) is 102 cm³/mol. The van der Waals surface area contributed by atoms with Crippen molar-refractivity contribution in [1.29, 1.82) is 0 Å². The molecule has 3 aromatic rings. The molecule has 142 valence electrons.